The van der Waals surface area contributed by atoms with E-state index in [-0.39, 0.29) is 23.1 Å². The Labute approximate surface area is 150 Å². The van der Waals surface area contributed by atoms with Gasteiger partial charge in [0.1, 0.15) is 15.7 Å². The second-order valence-electron chi connectivity index (χ2n) is 5.27. The Morgan fingerprint density at radius 2 is 1.92 bits per heavy atom. The minimum atomic E-state index is -3.81. The Hall–Kier alpha value is -2.32. The summed E-state index contributed by atoms with van der Waals surface area (Å²) in [6.07, 6.45) is 1.56. The third-order valence-electron chi connectivity index (χ3n) is 3.71. The lowest BCUT2D eigenvalue weighted by molar-refractivity contribution is -0.139. The number of fused-ring (bicyclic) bond motifs is 1. The van der Waals surface area contributed by atoms with Crippen molar-refractivity contribution in [2.24, 2.45) is 0 Å². The summed E-state index contributed by atoms with van der Waals surface area (Å²) >= 11 is 1.13. The summed E-state index contributed by atoms with van der Waals surface area (Å²) in [6, 6.07) is 8.70. The molecule has 0 spiro atoms. The molecule has 0 amide bonds. The van der Waals surface area contributed by atoms with E-state index < -0.39 is 16.0 Å². The molecule has 0 saturated carbocycles. The minimum Gasteiger partial charge on any atom is -0.497 e. The number of hydrogen-bond acceptors (Lipinski definition) is 6. The van der Waals surface area contributed by atoms with Crippen molar-refractivity contribution in [3.05, 3.63) is 52.5 Å². The molecule has 0 bridgehead atoms. The highest BCUT2D eigenvalue weighted by Gasteiger charge is 2.37. The molecule has 0 radical (unpaired) electrons. The smallest absolute Gasteiger partial charge is 0.355 e. The molecule has 1 aromatic carbocycles. The van der Waals surface area contributed by atoms with Gasteiger partial charge >= 0.3 is 5.97 Å². The first kappa shape index (κ1) is 17.5. The lowest BCUT2D eigenvalue weighted by atomic mass is 10.2. The van der Waals surface area contributed by atoms with Gasteiger partial charge in [0.15, 0.2) is 0 Å². The van der Waals surface area contributed by atoms with Crippen LogP contribution in [-0.4, -0.2) is 32.4 Å². The standard InChI is InChI=1S/C17H17NO5S2/c1-3-23-16(19)15-10-13-8-9-24-17(13)25(20,21)18(15)11-12-4-6-14(22-2)7-5-12/h4-10H,3,11H2,1-2H3. The van der Waals surface area contributed by atoms with Gasteiger partial charge in [-0.15, -0.1) is 11.3 Å². The molecule has 132 valence electrons. The van der Waals surface area contributed by atoms with E-state index in [0.717, 1.165) is 21.2 Å². The van der Waals surface area contributed by atoms with Crippen molar-refractivity contribution in [1.82, 2.24) is 4.31 Å². The van der Waals surface area contributed by atoms with Gasteiger partial charge in [-0.05, 0) is 42.1 Å². The van der Waals surface area contributed by atoms with Gasteiger partial charge in [-0.1, -0.05) is 12.1 Å². The maximum Gasteiger partial charge on any atom is 0.355 e. The fourth-order valence-electron chi connectivity index (χ4n) is 2.50. The van der Waals surface area contributed by atoms with Crippen LogP contribution in [0.4, 0.5) is 0 Å². The molecular weight excluding hydrogens is 362 g/mol. The van der Waals surface area contributed by atoms with Crippen molar-refractivity contribution < 1.29 is 22.7 Å². The van der Waals surface area contributed by atoms with Gasteiger partial charge in [0, 0.05) is 5.56 Å². The Morgan fingerprint density at radius 3 is 2.56 bits per heavy atom. The molecule has 2 heterocycles. The highest BCUT2D eigenvalue weighted by molar-refractivity contribution is 7.91. The van der Waals surface area contributed by atoms with Gasteiger partial charge in [0.05, 0.1) is 20.3 Å². The minimum absolute atomic E-state index is 0.0172. The number of thiophene rings is 1. The van der Waals surface area contributed by atoms with Crippen LogP contribution in [0.25, 0.3) is 6.08 Å². The molecule has 0 saturated heterocycles. The number of ether oxygens (including phenoxy) is 2. The molecule has 1 aliphatic heterocycles. The van der Waals surface area contributed by atoms with Gasteiger partial charge in [0.2, 0.25) is 0 Å². The van der Waals surface area contributed by atoms with Crippen molar-refractivity contribution in [3.63, 3.8) is 0 Å². The van der Waals surface area contributed by atoms with Crippen molar-refractivity contribution in [3.8, 4) is 5.75 Å². The van der Waals surface area contributed by atoms with Gasteiger partial charge in [-0.25, -0.2) is 13.2 Å². The zero-order chi connectivity index (χ0) is 18.0. The van der Waals surface area contributed by atoms with E-state index in [1.807, 2.05) is 0 Å². The maximum absolute atomic E-state index is 13.0. The van der Waals surface area contributed by atoms with Gasteiger partial charge in [0.25, 0.3) is 10.0 Å². The first-order chi connectivity index (χ1) is 12.0. The number of sulfonamides is 1. The van der Waals surface area contributed by atoms with Gasteiger partial charge < -0.3 is 9.47 Å². The summed E-state index contributed by atoms with van der Waals surface area (Å²) < 4.78 is 37.4. The van der Waals surface area contributed by atoms with E-state index in [4.69, 9.17) is 9.47 Å². The van der Waals surface area contributed by atoms with E-state index in [0.29, 0.717) is 11.3 Å². The molecule has 6 nitrogen and oxygen atoms in total. The van der Waals surface area contributed by atoms with Crippen LogP contribution in [0.1, 0.15) is 18.1 Å². The molecule has 0 aliphatic carbocycles. The molecule has 0 fully saturated rings. The summed E-state index contributed by atoms with van der Waals surface area (Å²) in [4.78, 5) is 12.3. The maximum atomic E-state index is 13.0. The fraction of sp³-hybridized carbons (Fsp3) is 0.235. The SMILES string of the molecule is CCOC(=O)C1=Cc2ccsc2S(=O)(=O)N1Cc1ccc(OC)cc1. The van der Waals surface area contributed by atoms with Crippen molar-refractivity contribution in [2.45, 2.75) is 17.7 Å². The van der Waals surface area contributed by atoms with E-state index in [1.54, 1.807) is 55.8 Å². The number of carbonyl (C=O) groups is 1. The van der Waals surface area contributed by atoms with Crippen LogP contribution in [0, 0.1) is 0 Å². The van der Waals surface area contributed by atoms with Crippen molar-refractivity contribution in [1.29, 1.82) is 0 Å². The van der Waals surface area contributed by atoms with Crippen molar-refractivity contribution in [2.75, 3.05) is 13.7 Å². The molecule has 0 unspecified atom stereocenters. The van der Waals surface area contributed by atoms with Crippen LogP contribution in [-0.2, 0) is 26.1 Å². The number of rotatable bonds is 5. The largest absolute Gasteiger partial charge is 0.497 e. The van der Waals surface area contributed by atoms with Crippen LogP contribution in [0.5, 0.6) is 5.75 Å². The zero-order valence-electron chi connectivity index (χ0n) is 13.8. The van der Waals surface area contributed by atoms with Crippen LogP contribution in [0.15, 0.2) is 45.6 Å². The monoisotopic (exact) mass is 379 g/mol. The van der Waals surface area contributed by atoms with E-state index >= 15 is 0 Å². The quantitative estimate of drug-likeness (QED) is 0.747. The van der Waals surface area contributed by atoms with Gasteiger partial charge in [-0.2, -0.15) is 0 Å². The topological polar surface area (TPSA) is 72.9 Å². The lowest BCUT2D eigenvalue weighted by Gasteiger charge is -2.28. The average molecular weight is 379 g/mol. The van der Waals surface area contributed by atoms with Crippen LogP contribution in [0.2, 0.25) is 0 Å². The first-order valence-electron chi connectivity index (χ1n) is 7.59. The second kappa shape index (κ2) is 6.89. The molecule has 3 rings (SSSR count). The zero-order valence-corrected chi connectivity index (χ0v) is 15.4. The Morgan fingerprint density at radius 1 is 1.20 bits per heavy atom. The average Bonchev–Trinajstić information content (AvgIpc) is 3.08. The fourth-order valence-corrected chi connectivity index (χ4v) is 5.36. The summed E-state index contributed by atoms with van der Waals surface area (Å²) in [5, 5.41) is 1.69. The van der Waals surface area contributed by atoms with Crippen LogP contribution < -0.4 is 4.74 Å². The molecular formula is C17H17NO5S2. The lowest BCUT2D eigenvalue weighted by Crippen LogP contribution is -2.36. The molecule has 1 aromatic heterocycles. The van der Waals surface area contributed by atoms with Crippen molar-refractivity contribution >= 4 is 33.4 Å². The van der Waals surface area contributed by atoms with E-state index in [2.05, 4.69) is 0 Å². The number of methoxy groups -OCH3 is 1. The first-order valence-corrected chi connectivity index (χ1v) is 9.91. The summed E-state index contributed by atoms with van der Waals surface area (Å²) in [6.45, 7) is 1.89. The highest BCUT2D eigenvalue weighted by Crippen LogP contribution is 2.36. The number of nitrogens with zero attached hydrogens (tertiary/aromatic N) is 1. The predicted molar refractivity (Wildman–Crippen MR) is 94.7 cm³/mol. The molecule has 0 atom stereocenters. The summed E-state index contributed by atoms with van der Waals surface area (Å²) in [5.41, 5.74) is 1.27. The number of benzene rings is 1. The summed E-state index contributed by atoms with van der Waals surface area (Å²) in [7, 11) is -2.25. The normalized spacial score (nSPS) is 15.3. The molecule has 2 aromatic rings. The Bertz CT molecular complexity index is 913. The molecule has 1 aliphatic rings. The number of hydrogen-bond donors (Lipinski definition) is 0. The highest BCUT2D eigenvalue weighted by atomic mass is 32.2. The molecule has 25 heavy (non-hydrogen) atoms. The third kappa shape index (κ3) is 3.27. The Balaban J connectivity index is 2.02. The van der Waals surface area contributed by atoms with Crippen LogP contribution >= 0.6 is 11.3 Å². The van der Waals surface area contributed by atoms with Crippen LogP contribution in [0.3, 0.4) is 0 Å². The number of esters is 1. The Kier molecular flexibility index (Phi) is 4.82. The van der Waals surface area contributed by atoms with Gasteiger partial charge in [-0.3, -0.25) is 4.31 Å². The molecule has 8 heteroatoms. The second-order valence-corrected chi connectivity index (χ2v) is 8.25. The summed E-state index contributed by atoms with van der Waals surface area (Å²) in [5.74, 6) is 0.0170. The van der Waals surface area contributed by atoms with E-state index in [9.17, 15) is 13.2 Å². The van der Waals surface area contributed by atoms with E-state index in [1.165, 1.54) is 0 Å². The predicted octanol–water partition coefficient (Wildman–Crippen LogP) is 2.87. The molecule has 0 N–H and O–H groups in total. The number of carbonyl (C=O) groups excluding carboxylic acids is 1. The third-order valence-corrected chi connectivity index (χ3v) is 6.97.